The third kappa shape index (κ3) is 4.15. The lowest BCUT2D eigenvalue weighted by Gasteiger charge is -2.18. The summed E-state index contributed by atoms with van der Waals surface area (Å²) in [7, 11) is 0. The molecule has 13 heavy (non-hydrogen) atoms. The normalized spacial score (nSPS) is 15.4. The summed E-state index contributed by atoms with van der Waals surface area (Å²) in [6, 6.07) is 1.42. The number of nitrogens with zero attached hydrogens (tertiary/aromatic N) is 1. The molecule has 0 N–H and O–H groups in total. The Morgan fingerprint density at radius 3 is 2.62 bits per heavy atom. The van der Waals surface area contributed by atoms with E-state index >= 15 is 0 Å². The lowest BCUT2D eigenvalue weighted by molar-refractivity contribution is -0.208. The number of alkyl halides is 3. The summed E-state index contributed by atoms with van der Waals surface area (Å²) in [5.41, 5.74) is 0. The van der Waals surface area contributed by atoms with Crippen LogP contribution in [0.1, 0.15) is 6.92 Å². The summed E-state index contributed by atoms with van der Waals surface area (Å²) in [6.45, 7) is 0.426. The second-order valence-corrected chi connectivity index (χ2v) is 2.17. The van der Waals surface area contributed by atoms with Gasteiger partial charge in [0.1, 0.15) is 0 Å². The van der Waals surface area contributed by atoms with Crippen LogP contribution in [0, 0.1) is 11.3 Å². The molecule has 72 valence electrons. The van der Waals surface area contributed by atoms with Gasteiger partial charge in [0.2, 0.25) is 0 Å². The SMILES string of the molecule is CC(F)(OC(=O)C=CC#N)C(F)F. The van der Waals surface area contributed by atoms with Gasteiger partial charge < -0.3 is 4.74 Å². The van der Waals surface area contributed by atoms with E-state index in [0.717, 1.165) is 0 Å². The summed E-state index contributed by atoms with van der Waals surface area (Å²) in [5.74, 6) is -4.65. The van der Waals surface area contributed by atoms with Gasteiger partial charge >= 0.3 is 18.2 Å². The van der Waals surface area contributed by atoms with Gasteiger partial charge in [-0.3, -0.25) is 0 Å². The van der Waals surface area contributed by atoms with Gasteiger partial charge in [-0.2, -0.15) is 9.65 Å². The topological polar surface area (TPSA) is 50.1 Å². The highest BCUT2D eigenvalue weighted by molar-refractivity contribution is 5.82. The Morgan fingerprint density at radius 2 is 2.23 bits per heavy atom. The van der Waals surface area contributed by atoms with E-state index in [4.69, 9.17) is 5.26 Å². The Hall–Kier alpha value is -1.51. The average Bonchev–Trinajstić information content (AvgIpc) is 1.99. The first-order valence-electron chi connectivity index (χ1n) is 3.16. The fourth-order valence-corrected chi connectivity index (χ4v) is 0.381. The largest absolute Gasteiger partial charge is 0.419 e. The molecule has 1 unspecified atom stereocenters. The molecule has 0 aliphatic carbocycles. The highest BCUT2D eigenvalue weighted by Crippen LogP contribution is 2.21. The third-order valence-electron chi connectivity index (χ3n) is 0.984. The molecule has 0 saturated carbocycles. The van der Waals surface area contributed by atoms with Crippen LogP contribution in [0.25, 0.3) is 0 Å². The van der Waals surface area contributed by atoms with Crippen LogP contribution in [-0.2, 0) is 9.53 Å². The molecule has 0 aromatic heterocycles. The van der Waals surface area contributed by atoms with Crippen molar-refractivity contribution in [2.75, 3.05) is 0 Å². The molecule has 0 fully saturated rings. The molecule has 0 aliphatic heterocycles. The molecular formula is C7H6F3NO2. The van der Waals surface area contributed by atoms with E-state index in [1.165, 1.54) is 6.07 Å². The Kier molecular flexibility index (Phi) is 3.98. The number of ether oxygens (including phenoxy) is 1. The van der Waals surface area contributed by atoms with Crippen LogP contribution in [0.2, 0.25) is 0 Å². The number of halogens is 3. The molecule has 6 heteroatoms. The predicted molar refractivity (Wildman–Crippen MR) is 36.4 cm³/mol. The highest BCUT2D eigenvalue weighted by atomic mass is 19.3. The number of hydrogen-bond donors (Lipinski definition) is 0. The van der Waals surface area contributed by atoms with Crippen LogP contribution in [0.15, 0.2) is 12.2 Å². The molecule has 0 spiro atoms. The molecule has 1 atom stereocenters. The van der Waals surface area contributed by atoms with E-state index < -0.39 is 18.2 Å². The molecule has 3 nitrogen and oxygen atoms in total. The maximum atomic E-state index is 12.6. The van der Waals surface area contributed by atoms with E-state index in [-0.39, 0.29) is 0 Å². The van der Waals surface area contributed by atoms with Crippen molar-refractivity contribution in [3.05, 3.63) is 12.2 Å². The number of rotatable bonds is 3. The van der Waals surface area contributed by atoms with Gasteiger partial charge in [0.05, 0.1) is 6.07 Å². The zero-order valence-corrected chi connectivity index (χ0v) is 6.63. The first kappa shape index (κ1) is 11.5. The lowest BCUT2D eigenvalue weighted by atomic mass is 10.4. The zero-order chi connectivity index (χ0) is 10.5. The number of carbonyl (C=O) groups is 1. The maximum Gasteiger partial charge on any atom is 0.334 e. The number of allylic oxidation sites excluding steroid dienone is 1. The zero-order valence-electron chi connectivity index (χ0n) is 6.63. The van der Waals surface area contributed by atoms with Crippen molar-refractivity contribution >= 4 is 5.97 Å². The van der Waals surface area contributed by atoms with E-state index in [9.17, 15) is 18.0 Å². The predicted octanol–water partition coefficient (Wildman–Crippen LogP) is 1.56. The Bertz CT molecular complexity index is 255. The van der Waals surface area contributed by atoms with E-state index in [0.29, 0.717) is 19.1 Å². The summed E-state index contributed by atoms with van der Waals surface area (Å²) in [6.07, 6.45) is -2.17. The second kappa shape index (κ2) is 4.50. The van der Waals surface area contributed by atoms with E-state index in [1.807, 2.05) is 0 Å². The minimum absolute atomic E-state index is 0.426. The van der Waals surface area contributed by atoms with Crippen molar-refractivity contribution in [1.82, 2.24) is 0 Å². The molecule has 0 aliphatic rings. The number of nitriles is 1. The van der Waals surface area contributed by atoms with Gasteiger partial charge in [-0.05, 0) is 0 Å². The Balaban J connectivity index is 4.22. The molecule has 0 aromatic rings. The first-order chi connectivity index (χ1) is 5.90. The van der Waals surface area contributed by atoms with Gasteiger partial charge in [0, 0.05) is 19.1 Å². The van der Waals surface area contributed by atoms with Crippen molar-refractivity contribution < 1.29 is 22.7 Å². The molecule has 0 aromatic carbocycles. The lowest BCUT2D eigenvalue weighted by Crippen LogP contribution is -2.33. The molecule has 0 bridgehead atoms. The van der Waals surface area contributed by atoms with Crippen molar-refractivity contribution in [2.45, 2.75) is 19.2 Å². The highest BCUT2D eigenvalue weighted by Gasteiger charge is 2.38. The molecule has 0 rings (SSSR count). The summed E-state index contributed by atoms with van der Waals surface area (Å²) >= 11 is 0. The fraction of sp³-hybridized carbons (Fsp3) is 0.429. The van der Waals surface area contributed by atoms with Crippen molar-refractivity contribution in [3.8, 4) is 6.07 Å². The molecular weight excluding hydrogens is 187 g/mol. The van der Waals surface area contributed by atoms with Crippen LogP contribution in [-0.4, -0.2) is 18.2 Å². The Labute approximate surface area is 72.4 Å². The van der Waals surface area contributed by atoms with Gasteiger partial charge in [-0.15, -0.1) is 0 Å². The van der Waals surface area contributed by atoms with Crippen LogP contribution >= 0.6 is 0 Å². The van der Waals surface area contributed by atoms with Crippen LogP contribution in [0.3, 0.4) is 0 Å². The minimum Gasteiger partial charge on any atom is -0.419 e. The number of esters is 1. The van der Waals surface area contributed by atoms with Crippen LogP contribution < -0.4 is 0 Å². The van der Waals surface area contributed by atoms with Gasteiger partial charge in [-0.1, -0.05) is 0 Å². The summed E-state index contributed by atoms with van der Waals surface area (Å²) < 4.78 is 39.8. The molecule has 0 radical (unpaired) electrons. The van der Waals surface area contributed by atoms with Gasteiger partial charge in [0.25, 0.3) is 0 Å². The third-order valence-corrected chi connectivity index (χ3v) is 0.984. The average molecular weight is 193 g/mol. The molecule has 0 amide bonds. The minimum atomic E-state index is -3.42. The van der Waals surface area contributed by atoms with Crippen LogP contribution in [0.5, 0.6) is 0 Å². The quantitative estimate of drug-likeness (QED) is 0.388. The van der Waals surface area contributed by atoms with E-state index in [2.05, 4.69) is 4.74 Å². The number of carbonyl (C=O) groups excluding carboxylic acids is 1. The van der Waals surface area contributed by atoms with Gasteiger partial charge in [0.15, 0.2) is 0 Å². The van der Waals surface area contributed by atoms with Crippen LogP contribution in [0.4, 0.5) is 13.2 Å². The van der Waals surface area contributed by atoms with Crippen molar-refractivity contribution in [3.63, 3.8) is 0 Å². The Morgan fingerprint density at radius 1 is 1.69 bits per heavy atom. The first-order valence-corrected chi connectivity index (χ1v) is 3.16. The van der Waals surface area contributed by atoms with Crippen molar-refractivity contribution in [1.29, 1.82) is 5.26 Å². The standard InChI is InChI=1S/C7H6F3NO2/c1-7(10,6(8)9)13-5(12)3-2-4-11/h2-3,6H,1H3. The van der Waals surface area contributed by atoms with E-state index in [1.54, 1.807) is 0 Å². The number of hydrogen-bond acceptors (Lipinski definition) is 3. The smallest absolute Gasteiger partial charge is 0.334 e. The summed E-state index contributed by atoms with van der Waals surface area (Å²) in [5, 5.41) is 7.94. The molecule has 0 saturated heterocycles. The molecule has 0 heterocycles. The summed E-state index contributed by atoms with van der Waals surface area (Å²) in [4.78, 5) is 10.5. The van der Waals surface area contributed by atoms with Gasteiger partial charge in [-0.25, -0.2) is 13.6 Å². The fourth-order valence-electron chi connectivity index (χ4n) is 0.381. The monoisotopic (exact) mass is 193 g/mol. The van der Waals surface area contributed by atoms with Crippen molar-refractivity contribution in [2.24, 2.45) is 0 Å². The second-order valence-electron chi connectivity index (χ2n) is 2.17. The maximum absolute atomic E-state index is 12.6.